The van der Waals surface area contributed by atoms with Crippen molar-refractivity contribution >= 4 is 15.4 Å². The predicted octanol–water partition coefficient (Wildman–Crippen LogP) is 4.23. The fraction of sp³-hybridized carbons (Fsp3) is 0.400. The van der Waals surface area contributed by atoms with Crippen molar-refractivity contribution in [3.8, 4) is 0 Å². The molecule has 2 nitrogen and oxygen atoms in total. The summed E-state index contributed by atoms with van der Waals surface area (Å²) < 4.78 is 11.8. The zero-order chi connectivity index (χ0) is 17.2. The molecule has 0 saturated carbocycles. The second kappa shape index (κ2) is 10.7. The van der Waals surface area contributed by atoms with Gasteiger partial charge in [0.1, 0.15) is 7.57 Å². The van der Waals surface area contributed by atoms with Crippen molar-refractivity contribution in [1.82, 2.24) is 0 Å². The molecule has 0 radical (unpaired) electrons. The third kappa shape index (κ3) is 6.77. The van der Waals surface area contributed by atoms with E-state index in [0.717, 1.165) is 13.2 Å². The third-order valence-corrected chi connectivity index (χ3v) is 7.41. The molecule has 24 heavy (non-hydrogen) atoms. The van der Waals surface area contributed by atoms with Gasteiger partial charge in [-0.05, 0) is 22.4 Å². The van der Waals surface area contributed by atoms with Crippen molar-refractivity contribution in [1.29, 1.82) is 0 Å². The lowest BCUT2D eigenvalue weighted by atomic mass is 10.2. The van der Waals surface area contributed by atoms with Crippen LogP contribution in [0.15, 0.2) is 60.7 Å². The molecule has 128 valence electrons. The van der Waals surface area contributed by atoms with Gasteiger partial charge in [0, 0.05) is 0 Å². The SMILES string of the molecule is BP(C(C)COCc1ccccc1)C(C)COCc1ccccc1. The summed E-state index contributed by atoms with van der Waals surface area (Å²) in [5.74, 6) is 0. The summed E-state index contributed by atoms with van der Waals surface area (Å²) in [6, 6.07) is 20.7. The van der Waals surface area contributed by atoms with Gasteiger partial charge in [-0.15, -0.1) is 7.80 Å². The van der Waals surface area contributed by atoms with Gasteiger partial charge in [0.15, 0.2) is 0 Å². The van der Waals surface area contributed by atoms with Crippen molar-refractivity contribution in [3.05, 3.63) is 71.8 Å². The van der Waals surface area contributed by atoms with Crippen LogP contribution in [0.1, 0.15) is 25.0 Å². The highest BCUT2D eigenvalue weighted by molar-refractivity contribution is 7.83. The summed E-state index contributed by atoms with van der Waals surface area (Å²) in [6.45, 7) is 7.63. The molecule has 0 spiro atoms. The minimum Gasteiger partial charge on any atom is -0.376 e. The first-order valence-electron chi connectivity index (χ1n) is 8.62. The Hall–Kier alpha value is -1.15. The topological polar surface area (TPSA) is 18.5 Å². The molecule has 4 heteroatoms. The van der Waals surface area contributed by atoms with Crippen LogP contribution in [0.2, 0.25) is 0 Å². The van der Waals surface area contributed by atoms with Gasteiger partial charge in [0.2, 0.25) is 0 Å². The first-order chi connectivity index (χ1) is 11.7. The molecule has 0 amide bonds. The number of benzene rings is 2. The summed E-state index contributed by atoms with van der Waals surface area (Å²) in [5.41, 5.74) is 3.65. The van der Waals surface area contributed by atoms with Crippen LogP contribution in [0.4, 0.5) is 0 Å². The lowest BCUT2D eigenvalue weighted by molar-refractivity contribution is 0.118. The second-order valence-electron chi connectivity index (χ2n) is 6.36. The average Bonchev–Trinajstić information content (AvgIpc) is 2.62. The molecule has 0 aromatic heterocycles. The molecule has 2 aromatic carbocycles. The Kier molecular flexibility index (Phi) is 8.52. The van der Waals surface area contributed by atoms with E-state index in [1.807, 2.05) is 12.1 Å². The van der Waals surface area contributed by atoms with Crippen molar-refractivity contribution in [2.75, 3.05) is 13.2 Å². The van der Waals surface area contributed by atoms with Crippen molar-refractivity contribution < 1.29 is 9.47 Å². The highest BCUT2D eigenvalue weighted by atomic mass is 31.1. The molecule has 0 aliphatic heterocycles. The smallest absolute Gasteiger partial charge is 0.135 e. The van der Waals surface area contributed by atoms with Gasteiger partial charge in [-0.3, -0.25) is 0 Å². The number of hydrogen-bond acceptors (Lipinski definition) is 2. The Labute approximate surface area is 148 Å². The van der Waals surface area contributed by atoms with Crippen molar-refractivity contribution in [2.45, 2.75) is 38.4 Å². The van der Waals surface area contributed by atoms with Gasteiger partial charge >= 0.3 is 0 Å². The van der Waals surface area contributed by atoms with E-state index in [1.165, 1.54) is 11.1 Å². The number of rotatable bonds is 10. The quantitative estimate of drug-likeness (QED) is 0.475. The van der Waals surface area contributed by atoms with E-state index in [-0.39, 0.29) is 7.80 Å². The van der Waals surface area contributed by atoms with Crippen LogP contribution in [0.3, 0.4) is 0 Å². The highest BCUT2D eigenvalue weighted by Crippen LogP contribution is 2.41. The minimum atomic E-state index is -0.114. The normalized spacial score (nSPS) is 14.9. The van der Waals surface area contributed by atoms with Crippen molar-refractivity contribution in [3.63, 3.8) is 0 Å². The van der Waals surface area contributed by atoms with Gasteiger partial charge in [-0.2, -0.15) is 0 Å². The lowest BCUT2D eigenvalue weighted by Crippen LogP contribution is -2.19. The second-order valence-corrected chi connectivity index (χ2v) is 9.46. The first-order valence-corrected chi connectivity index (χ1v) is 10.5. The van der Waals surface area contributed by atoms with Crippen LogP contribution in [-0.4, -0.2) is 32.1 Å². The number of hydrogen-bond donors (Lipinski definition) is 0. The van der Waals surface area contributed by atoms with E-state index < -0.39 is 0 Å². The summed E-state index contributed by atoms with van der Waals surface area (Å²) in [4.78, 5) is 0. The molecule has 2 atom stereocenters. The zero-order valence-corrected chi connectivity index (χ0v) is 15.9. The predicted molar refractivity (Wildman–Crippen MR) is 107 cm³/mol. The monoisotopic (exact) mass is 342 g/mol. The molecule has 0 heterocycles. The fourth-order valence-electron chi connectivity index (χ4n) is 2.51. The molecule has 2 unspecified atom stereocenters. The Bertz CT molecular complexity index is 513. The van der Waals surface area contributed by atoms with Gasteiger partial charge in [0.25, 0.3) is 0 Å². The fourth-order valence-corrected chi connectivity index (χ4v) is 4.06. The van der Waals surface area contributed by atoms with Crippen LogP contribution >= 0.6 is 7.80 Å². The average molecular weight is 342 g/mol. The minimum absolute atomic E-state index is 0.114. The Morgan fingerprint density at radius 2 is 1.12 bits per heavy atom. The third-order valence-electron chi connectivity index (χ3n) is 4.33. The maximum absolute atomic E-state index is 5.90. The Balaban J connectivity index is 1.64. The maximum Gasteiger partial charge on any atom is 0.135 e. The molecule has 0 aliphatic carbocycles. The van der Waals surface area contributed by atoms with E-state index in [0.29, 0.717) is 24.5 Å². The molecular formula is C20H28BO2P. The molecule has 2 rings (SSSR count). The van der Waals surface area contributed by atoms with E-state index >= 15 is 0 Å². The molecule has 2 aromatic rings. The highest BCUT2D eigenvalue weighted by Gasteiger charge is 2.18. The lowest BCUT2D eigenvalue weighted by Gasteiger charge is -2.27. The van der Waals surface area contributed by atoms with Crippen LogP contribution in [-0.2, 0) is 22.7 Å². The zero-order valence-electron chi connectivity index (χ0n) is 15.0. The van der Waals surface area contributed by atoms with Crippen LogP contribution in [0, 0.1) is 0 Å². The van der Waals surface area contributed by atoms with Crippen LogP contribution in [0.5, 0.6) is 0 Å². The standard InChI is InChI=1S/C20H28BO2P/c1-17(13-22-15-19-9-5-3-6-10-19)24(21)18(2)14-23-16-20-11-7-4-8-12-20/h3-12,17-18H,13-16,21H2,1-2H3. The first kappa shape index (κ1) is 19.2. The molecule has 0 bridgehead atoms. The summed E-state index contributed by atoms with van der Waals surface area (Å²) in [6.07, 6.45) is 0. The largest absolute Gasteiger partial charge is 0.376 e. The molecule has 0 aliphatic rings. The molecular weight excluding hydrogens is 314 g/mol. The van der Waals surface area contributed by atoms with Gasteiger partial charge in [-0.25, -0.2) is 0 Å². The maximum atomic E-state index is 5.90. The number of ether oxygens (including phenoxy) is 2. The van der Waals surface area contributed by atoms with Gasteiger partial charge in [0.05, 0.1) is 26.4 Å². The summed E-state index contributed by atoms with van der Waals surface area (Å²) in [5, 5.41) is 0. The summed E-state index contributed by atoms with van der Waals surface area (Å²) >= 11 is 0. The Morgan fingerprint density at radius 3 is 1.50 bits per heavy atom. The van der Waals surface area contributed by atoms with E-state index in [9.17, 15) is 0 Å². The van der Waals surface area contributed by atoms with E-state index in [1.54, 1.807) is 0 Å². The van der Waals surface area contributed by atoms with Crippen LogP contribution in [0.25, 0.3) is 0 Å². The van der Waals surface area contributed by atoms with Gasteiger partial charge < -0.3 is 9.47 Å². The molecule has 0 N–H and O–H groups in total. The molecule has 0 saturated heterocycles. The van der Waals surface area contributed by atoms with Crippen molar-refractivity contribution in [2.24, 2.45) is 0 Å². The summed E-state index contributed by atoms with van der Waals surface area (Å²) in [7, 11) is 2.25. The van der Waals surface area contributed by atoms with Crippen LogP contribution < -0.4 is 0 Å². The van der Waals surface area contributed by atoms with Gasteiger partial charge in [-0.1, -0.05) is 74.5 Å². The Morgan fingerprint density at radius 1 is 0.750 bits per heavy atom. The van der Waals surface area contributed by atoms with E-state index in [4.69, 9.17) is 9.47 Å². The molecule has 0 fully saturated rings. The van der Waals surface area contributed by atoms with E-state index in [2.05, 4.69) is 69.9 Å².